The van der Waals surface area contributed by atoms with E-state index in [0.29, 0.717) is 17.9 Å². The second-order valence-electron chi connectivity index (χ2n) is 6.10. The Labute approximate surface area is 90.8 Å². The van der Waals surface area contributed by atoms with Gasteiger partial charge in [0.15, 0.2) is 0 Å². The van der Waals surface area contributed by atoms with Crippen LogP contribution in [0.3, 0.4) is 0 Å². The SMILES string of the molecule is CC(C)(C)N1CC2C3CCC(O3)C2C1=O. The third kappa shape index (κ3) is 1.19. The standard InChI is InChI=1S/C12H19NO2/c1-12(2,3)13-6-7-8-4-5-9(15-8)10(7)11(13)14/h7-10H,4-6H2,1-3H3. The van der Waals surface area contributed by atoms with Crippen molar-refractivity contribution in [2.24, 2.45) is 11.8 Å². The number of hydrogen-bond acceptors (Lipinski definition) is 2. The summed E-state index contributed by atoms with van der Waals surface area (Å²) in [7, 11) is 0. The number of nitrogens with zero attached hydrogens (tertiary/aromatic N) is 1. The molecular formula is C12H19NO2. The summed E-state index contributed by atoms with van der Waals surface area (Å²) in [6.45, 7) is 7.27. The highest BCUT2D eigenvalue weighted by Gasteiger charge is 2.58. The average Bonchev–Trinajstić information content (AvgIpc) is 2.73. The number of fused-ring (bicyclic) bond motifs is 5. The average molecular weight is 209 g/mol. The summed E-state index contributed by atoms with van der Waals surface area (Å²) in [4.78, 5) is 14.3. The predicted octanol–water partition coefficient (Wildman–Crippen LogP) is 1.42. The molecule has 3 nitrogen and oxygen atoms in total. The lowest BCUT2D eigenvalue weighted by Crippen LogP contribution is -2.44. The van der Waals surface area contributed by atoms with Gasteiger partial charge in [0.2, 0.25) is 5.91 Å². The lowest BCUT2D eigenvalue weighted by molar-refractivity contribution is -0.137. The van der Waals surface area contributed by atoms with E-state index in [9.17, 15) is 4.79 Å². The molecule has 3 aliphatic heterocycles. The van der Waals surface area contributed by atoms with Crippen molar-refractivity contribution in [1.82, 2.24) is 4.90 Å². The van der Waals surface area contributed by atoms with Crippen molar-refractivity contribution in [3.05, 3.63) is 0 Å². The van der Waals surface area contributed by atoms with Gasteiger partial charge in [-0.15, -0.1) is 0 Å². The first-order valence-corrected chi connectivity index (χ1v) is 5.95. The first kappa shape index (κ1) is 9.64. The van der Waals surface area contributed by atoms with Crippen molar-refractivity contribution in [3.63, 3.8) is 0 Å². The summed E-state index contributed by atoms with van der Waals surface area (Å²) in [5.74, 6) is 0.998. The van der Waals surface area contributed by atoms with E-state index in [-0.39, 0.29) is 17.6 Å². The smallest absolute Gasteiger partial charge is 0.229 e. The Hall–Kier alpha value is -0.570. The fourth-order valence-electron chi connectivity index (χ4n) is 3.43. The molecule has 3 saturated heterocycles. The molecule has 1 amide bonds. The Morgan fingerprint density at radius 3 is 2.53 bits per heavy atom. The molecule has 0 aliphatic carbocycles. The van der Waals surface area contributed by atoms with Gasteiger partial charge in [0.05, 0.1) is 18.1 Å². The van der Waals surface area contributed by atoms with Gasteiger partial charge in [-0.05, 0) is 33.6 Å². The van der Waals surface area contributed by atoms with Gasteiger partial charge in [0.1, 0.15) is 0 Å². The van der Waals surface area contributed by atoms with Gasteiger partial charge in [0.25, 0.3) is 0 Å². The Kier molecular flexibility index (Phi) is 1.77. The van der Waals surface area contributed by atoms with E-state index in [1.54, 1.807) is 0 Å². The highest BCUT2D eigenvalue weighted by atomic mass is 16.5. The molecule has 4 atom stereocenters. The summed E-state index contributed by atoms with van der Waals surface area (Å²) < 4.78 is 5.82. The zero-order valence-electron chi connectivity index (χ0n) is 9.69. The summed E-state index contributed by atoms with van der Waals surface area (Å²) in [5, 5.41) is 0. The summed E-state index contributed by atoms with van der Waals surface area (Å²) >= 11 is 0. The second kappa shape index (κ2) is 2.76. The van der Waals surface area contributed by atoms with Crippen LogP contribution in [0.15, 0.2) is 0 Å². The van der Waals surface area contributed by atoms with Crippen LogP contribution in [0.25, 0.3) is 0 Å². The fourth-order valence-corrected chi connectivity index (χ4v) is 3.43. The number of amides is 1. The fraction of sp³-hybridized carbons (Fsp3) is 0.917. The molecule has 15 heavy (non-hydrogen) atoms. The maximum atomic E-state index is 12.3. The van der Waals surface area contributed by atoms with E-state index in [4.69, 9.17) is 4.74 Å². The van der Waals surface area contributed by atoms with E-state index < -0.39 is 0 Å². The molecule has 0 aromatic heterocycles. The van der Waals surface area contributed by atoms with Crippen LogP contribution in [0.2, 0.25) is 0 Å². The maximum Gasteiger partial charge on any atom is 0.229 e. The minimum atomic E-state index is -0.0269. The second-order valence-corrected chi connectivity index (χ2v) is 6.10. The van der Waals surface area contributed by atoms with Crippen LogP contribution >= 0.6 is 0 Å². The van der Waals surface area contributed by atoms with Crippen molar-refractivity contribution in [2.45, 2.75) is 51.4 Å². The Morgan fingerprint density at radius 2 is 1.93 bits per heavy atom. The minimum Gasteiger partial charge on any atom is -0.374 e. The number of carbonyl (C=O) groups is 1. The molecule has 0 spiro atoms. The molecule has 3 heteroatoms. The third-order valence-electron chi connectivity index (χ3n) is 4.18. The van der Waals surface area contributed by atoms with Crippen molar-refractivity contribution >= 4 is 5.91 Å². The van der Waals surface area contributed by atoms with Crippen LogP contribution in [-0.4, -0.2) is 35.1 Å². The lowest BCUT2D eigenvalue weighted by Gasteiger charge is -2.33. The summed E-state index contributed by atoms with van der Waals surface area (Å²) in [6.07, 6.45) is 2.86. The molecule has 0 N–H and O–H groups in total. The molecule has 0 aromatic rings. The van der Waals surface area contributed by atoms with Gasteiger partial charge in [-0.2, -0.15) is 0 Å². The third-order valence-corrected chi connectivity index (χ3v) is 4.18. The first-order valence-electron chi connectivity index (χ1n) is 5.95. The number of carbonyl (C=O) groups excluding carboxylic acids is 1. The van der Waals surface area contributed by atoms with E-state index >= 15 is 0 Å². The van der Waals surface area contributed by atoms with Crippen LogP contribution in [0.1, 0.15) is 33.6 Å². The van der Waals surface area contributed by atoms with Gasteiger partial charge in [-0.1, -0.05) is 0 Å². The van der Waals surface area contributed by atoms with Crippen molar-refractivity contribution in [1.29, 1.82) is 0 Å². The van der Waals surface area contributed by atoms with Gasteiger partial charge >= 0.3 is 0 Å². The van der Waals surface area contributed by atoms with Gasteiger partial charge < -0.3 is 9.64 Å². The molecule has 4 unspecified atom stereocenters. The first-order chi connectivity index (χ1) is 6.98. The number of rotatable bonds is 0. The summed E-state index contributed by atoms with van der Waals surface area (Å²) in [5.41, 5.74) is -0.0269. The molecule has 0 radical (unpaired) electrons. The van der Waals surface area contributed by atoms with Gasteiger partial charge in [0, 0.05) is 18.0 Å². The zero-order valence-corrected chi connectivity index (χ0v) is 9.69. The quantitative estimate of drug-likeness (QED) is 0.604. The van der Waals surface area contributed by atoms with Gasteiger partial charge in [-0.3, -0.25) is 4.79 Å². The highest BCUT2D eigenvalue weighted by molar-refractivity contribution is 5.83. The molecule has 84 valence electrons. The molecule has 0 aromatic carbocycles. The normalized spacial score (nSPS) is 43.9. The van der Waals surface area contributed by atoms with Crippen molar-refractivity contribution in [2.75, 3.05) is 6.54 Å². The van der Waals surface area contributed by atoms with Crippen LogP contribution in [0.5, 0.6) is 0 Å². The van der Waals surface area contributed by atoms with Crippen LogP contribution < -0.4 is 0 Å². The predicted molar refractivity (Wildman–Crippen MR) is 56.3 cm³/mol. The van der Waals surface area contributed by atoms with Crippen LogP contribution in [-0.2, 0) is 9.53 Å². The largest absolute Gasteiger partial charge is 0.374 e. The monoisotopic (exact) mass is 209 g/mol. The van der Waals surface area contributed by atoms with Crippen LogP contribution in [0, 0.1) is 11.8 Å². The zero-order chi connectivity index (χ0) is 10.8. The topological polar surface area (TPSA) is 29.5 Å². The molecular weight excluding hydrogens is 190 g/mol. The Balaban J connectivity index is 1.88. The number of ether oxygens (including phenoxy) is 1. The van der Waals surface area contributed by atoms with Gasteiger partial charge in [-0.25, -0.2) is 0 Å². The molecule has 3 heterocycles. The minimum absolute atomic E-state index is 0.0269. The van der Waals surface area contributed by atoms with E-state index in [1.807, 2.05) is 0 Å². The lowest BCUT2D eigenvalue weighted by atomic mass is 9.81. The van der Waals surface area contributed by atoms with Crippen LogP contribution in [0.4, 0.5) is 0 Å². The van der Waals surface area contributed by atoms with E-state index in [2.05, 4.69) is 25.7 Å². The molecule has 3 fully saturated rings. The molecule has 3 aliphatic rings. The van der Waals surface area contributed by atoms with E-state index in [1.165, 1.54) is 0 Å². The highest BCUT2D eigenvalue weighted by Crippen LogP contribution is 2.48. The molecule has 2 bridgehead atoms. The van der Waals surface area contributed by atoms with Crippen molar-refractivity contribution < 1.29 is 9.53 Å². The number of likely N-dealkylation sites (tertiary alicyclic amines) is 1. The summed E-state index contributed by atoms with van der Waals surface area (Å²) in [6, 6.07) is 0. The Bertz CT molecular complexity index is 303. The Morgan fingerprint density at radius 1 is 1.27 bits per heavy atom. The van der Waals surface area contributed by atoms with E-state index in [0.717, 1.165) is 19.4 Å². The molecule has 3 rings (SSSR count). The maximum absolute atomic E-state index is 12.3. The van der Waals surface area contributed by atoms with Crippen molar-refractivity contribution in [3.8, 4) is 0 Å². The number of hydrogen-bond donors (Lipinski definition) is 0. The molecule has 0 saturated carbocycles.